The van der Waals surface area contributed by atoms with Gasteiger partial charge in [-0.1, -0.05) is 6.92 Å². The van der Waals surface area contributed by atoms with Gasteiger partial charge in [0.25, 0.3) is 0 Å². The van der Waals surface area contributed by atoms with Crippen molar-refractivity contribution in [1.82, 2.24) is 5.32 Å². The summed E-state index contributed by atoms with van der Waals surface area (Å²) in [6.07, 6.45) is 9.61. The minimum absolute atomic E-state index is 0.700. The van der Waals surface area contributed by atoms with E-state index < -0.39 is 0 Å². The number of hydrogen-bond donors (Lipinski definition) is 2. The van der Waals surface area contributed by atoms with Crippen LogP contribution in [0.25, 0.3) is 0 Å². The lowest BCUT2D eigenvalue weighted by atomic mass is 10.2. The molecule has 0 unspecified atom stereocenters. The van der Waals surface area contributed by atoms with E-state index in [1.807, 2.05) is 39.8 Å². The Morgan fingerprint density at radius 2 is 2.04 bits per heavy atom. The van der Waals surface area contributed by atoms with E-state index in [0.29, 0.717) is 5.70 Å². The standard InChI is InChI=1S/C19H28N4/c1-6-9-19(23-18(16(5)20)13-21-7-2)22-17-12-14(3)10-8-11-15(17)4/h10-13H,6-7,9,20H2,1-5H3,(H,22,23)/b18-16+,21-13?. The number of aliphatic imine (C=N–C) groups is 2. The Bertz CT molecular complexity index is 632. The lowest BCUT2D eigenvalue weighted by Gasteiger charge is -2.12. The van der Waals surface area contributed by atoms with Gasteiger partial charge in [0.15, 0.2) is 0 Å². The van der Waals surface area contributed by atoms with Crippen molar-refractivity contribution in [3.05, 3.63) is 52.2 Å². The molecule has 0 bridgehead atoms. The average molecular weight is 312 g/mol. The molecule has 0 saturated heterocycles. The summed E-state index contributed by atoms with van der Waals surface area (Å²) in [6.45, 7) is 10.8. The van der Waals surface area contributed by atoms with E-state index in [1.54, 1.807) is 6.21 Å². The molecule has 0 heterocycles. The molecule has 124 valence electrons. The van der Waals surface area contributed by atoms with Gasteiger partial charge in [0.1, 0.15) is 5.84 Å². The van der Waals surface area contributed by atoms with Crippen LogP contribution in [0.1, 0.15) is 47.5 Å². The third kappa shape index (κ3) is 6.54. The van der Waals surface area contributed by atoms with Crippen molar-refractivity contribution >= 4 is 12.1 Å². The highest BCUT2D eigenvalue weighted by Gasteiger charge is 2.06. The molecule has 0 atom stereocenters. The molecule has 0 radical (unpaired) electrons. The van der Waals surface area contributed by atoms with Crippen molar-refractivity contribution in [1.29, 1.82) is 0 Å². The second kappa shape index (κ2) is 9.65. The van der Waals surface area contributed by atoms with E-state index in [0.717, 1.165) is 47.8 Å². The van der Waals surface area contributed by atoms with Crippen LogP contribution in [-0.4, -0.2) is 18.6 Å². The Kier molecular flexibility index (Phi) is 7.86. The minimum atomic E-state index is 0.700. The molecule has 0 saturated carbocycles. The summed E-state index contributed by atoms with van der Waals surface area (Å²) in [7, 11) is 0. The smallest absolute Gasteiger partial charge is 0.107 e. The Hall–Kier alpha value is -2.32. The maximum Gasteiger partial charge on any atom is 0.107 e. The second-order valence-corrected chi connectivity index (χ2v) is 5.57. The van der Waals surface area contributed by atoms with Crippen molar-refractivity contribution in [3.8, 4) is 0 Å². The summed E-state index contributed by atoms with van der Waals surface area (Å²) < 4.78 is 0. The molecule has 0 aromatic heterocycles. The highest BCUT2D eigenvalue weighted by atomic mass is 15.0. The van der Waals surface area contributed by atoms with Crippen LogP contribution in [-0.2, 0) is 0 Å². The quantitative estimate of drug-likeness (QED) is 0.442. The van der Waals surface area contributed by atoms with Crippen molar-refractivity contribution in [2.24, 2.45) is 15.7 Å². The summed E-state index contributed by atoms with van der Waals surface area (Å²) in [5, 5.41) is 3.34. The van der Waals surface area contributed by atoms with E-state index >= 15 is 0 Å². The van der Waals surface area contributed by atoms with Crippen molar-refractivity contribution in [3.63, 3.8) is 0 Å². The molecule has 0 aromatic rings. The zero-order valence-electron chi connectivity index (χ0n) is 14.9. The Balaban J connectivity index is 3.16. The fraction of sp³-hybridized carbons (Fsp3) is 0.421. The highest BCUT2D eigenvalue weighted by Crippen LogP contribution is 2.16. The maximum atomic E-state index is 5.96. The van der Waals surface area contributed by atoms with Gasteiger partial charge in [-0.3, -0.25) is 4.99 Å². The molecule has 0 spiro atoms. The fourth-order valence-corrected chi connectivity index (χ4v) is 1.96. The molecule has 3 N–H and O–H groups in total. The monoisotopic (exact) mass is 312 g/mol. The summed E-state index contributed by atoms with van der Waals surface area (Å²) in [6, 6.07) is 0. The van der Waals surface area contributed by atoms with E-state index in [9.17, 15) is 0 Å². The molecule has 4 heteroatoms. The lowest BCUT2D eigenvalue weighted by Crippen LogP contribution is -2.26. The third-order valence-electron chi connectivity index (χ3n) is 3.23. The summed E-state index contributed by atoms with van der Waals surface area (Å²) in [5.74, 6) is 0.892. The number of nitrogens with two attached hydrogens (primary N) is 1. The summed E-state index contributed by atoms with van der Waals surface area (Å²) in [5.41, 5.74) is 13.8. The first kappa shape index (κ1) is 18.7. The van der Waals surface area contributed by atoms with Crippen LogP contribution in [0.3, 0.4) is 0 Å². The predicted molar refractivity (Wildman–Crippen MR) is 101 cm³/mol. The van der Waals surface area contributed by atoms with Gasteiger partial charge < -0.3 is 11.1 Å². The van der Waals surface area contributed by atoms with Crippen LogP contribution in [0.2, 0.25) is 0 Å². The fourth-order valence-electron chi connectivity index (χ4n) is 1.96. The molecular weight excluding hydrogens is 284 g/mol. The molecule has 1 aliphatic carbocycles. The summed E-state index contributed by atoms with van der Waals surface area (Å²) in [4.78, 5) is 9.08. The second-order valence-electron chi connectivity index (χ2n) is 5.57. The molecule has 0 amide bonds. The molecule has 23 heavy (non-hydrogen) atoms. The Morgan fingerprint density at radius 3 is 2.65 bits per heavy atom. The third-order valence-corrected chi connectivity index (χ3v) is 3.23. The first-order valence-electron chi connectivity index (χ1n) is 8.10. The van der Waals surface area contributed by atoms with Crippen LogP contribution in [0.15, 0.2) is 62.2 Å². The molecule has 1 aliphatic rings. The number of nitrogens with zero attached hydrogens (tertiary/aromatic N) is 2. The van der Waals surface area contributed by atoms with E-state index in [4.69, 9.17) is 10.7 Å². The van der Waals surface area contributed by atoms with Crippen molar-refractivity contribution in [2.75, 3.05) is 6.54 Å². The zero-order chi connectivity index (χ0) is 17.2. The van der Waals surface area contributed by atoms with Crippen LogP contribution in [0.5, 0.6) is 0 Å². The van der Waals surface area contributed by atoms with Crippen molar-refractivity contribution < 1.29 is 0 Å². The zero-order valence-corrected chi connectivity index (χ0v) is 14.9. The first-order valence-corrected chi connectivity index (χ1v) is 8.10. The number of hydrogen-bond acceptors (Lipinski definition) is 3. The van der Waals surface area contributed by atoms with Gasteiger partial charge in [-0.25, -0.2) is 4.99 Å². The van der Waals surface area contributed by atoms with Crippen molar-refractivity contribution in [2.45, 2.75) is 47.5 Å². The number of amidine groups is 1. The number of rotatable bonds is 6. The van der Waals surface area contributed by atoms with Crippen LogP contribution >= 0.6 is 0 Å². The normalized spacial score (nSPS) is 16.6. The van der Waals surface area contributed by atoms with Crippen LogP contribution in [0.4, 0.5) is 0 Å². The number of allylic oxidation sites excluding steroid dienone is 6. The summed E-state index contributed by atoms with van der Waals surface area (Å²) >= 11 is 0. The van der Waals surface area contributed by atoms with Gasteiger partial charge in [-0.05, 0) is 63.5 Å². The van der Waals surface area contributed by atoms with E-state index in [-0.39, 0.29) is 0 Å². The molecule has 4 nitrogen and oxygen atoms in total. The molecule has 1 rings (SSSR count). The van der Waals surface area contributed by atoms with Gasteiger partial charge in [-0.15, -0.1) is 5.73 Å². The molecule has 0 fully saturated rings. The van der Waals surface area contributed by atoms with E-state index in [2.05, 4.69) is 29.0 Å². The van der Waals surface area contributed by atoms with Crippen LogP contribution < -0.4 is 11.1 Å². The Labute approximate surface area is 140 Å². The molecule has 0 aromatic carbocycles. The average Bonchev–Trinajstić information content (AvgIpc) is 2.64. The van der Waals surface area contributed by atoms with Gasteiger partial charge in [0.2, 0.25) is 0 Å². The minimum Gasteiger partial charge on any atom is -0.401 e. The lowest BCUT2D eigenvalue weighted by molar-refractivity contribution is 0.941. The molecular formula is C19H28N4. The topological polar surface area (TPSA) is 62.8 Å². The van der Waals surface area contributed by atoms with Gasteiger partial charge in [0, 0.05) is 24.9 Å². The van der Waals surface area contributed by atoms with Gasteiger partial charge in [0.05, 0.1) is 11.4 Å². The number of nitrogens with one attached hydrogen (secondary N) is 1. The Morgan fingerprint density at radius 1 is 1.30 bits per heavy atom. The van der Waals surface area contributed by atoms with Gasteiger partial charge in [-0.2, -0.15) is 0 Å². The predicted octanol–water partition coefficient (Wildman–Crippen LogP) is 4.00. The first-order chi connectivity index (χ1) is 11.0. The highest BCUT2D eigenvalue weighted by molar-refractivity contribution is 5.92. The van der Waals surface area contributed by atoms with E-state index in [1.165, 1.54) is 0 Å². The van der Waals surface area contributed by atoms with Gasteiger partial charge >= 0.3 is 0 Å². The molecule has 0 aliphatic heterocycles. The largest absolute Gasteiger partial charge is 0.401 e. The SMILES string of the molecule is CCCC(=NC1=C(C)C=C=CC(C)=C1)N/C(C=NCC)=C(\C)N. The van der Waals surface area contributed by atoms with Crippen LogP contribution in [0, 0.1) is 0 Å². The maximum absolute atomic E-state index is 5.96.